The van der Waals surface area contributed by atoms with Crippen molar-refractivity contribution in [2.75, 3.05) is 11.9 Å². The fourth-order valence-corrected chi connectivity index (χ4v) is 1.99. The van der Waals surface area contributed by atoms with Crippen LogP contribution < -0.4 is 4.90 Å². The van der Waals surface area contributed by atoms with E-state index < -0.39 is 17.3 Å². The van der Waals surface area contributed by atoms with Gasteiger partial charge < -0.3 is 9.64 Å². The van der Waals surface area contributed by atoms with Crippen LogP contribution in [0.15, 0.2) is 18.2 Å². The Labute approximate surface area is 91.6 Å². The number of anilines is 1. The molecule has 1 aromatic carbocycles. The number of hydrogen-bond donors (Lipinski definition) is 0. The van der Waals surface area contributed by atoms with Crippen LogP contribution in [0.3, 0.4) is 0 Å². The number of carbonyl (C=O) groups excluding carboxylic acids is 2. The molecule has 0 unspecified atom stereocenters. The number of halogens is 1. The molecule has 0 spiro atoms. The van der Waals surface area contributed by atoms with E-state index in [1.165, 1.54) is 26.1 Å². The van der Waals surface area contributed by atoms with Gasteiger partial charge in [0.15, 0.2) is 0 Å². The smallest absolute Gasteiger partial charge is 0.294 e. The Hall–Kier alpha value is -1.91. The van der Waals surface area contributed by atoms with Crippen molar-refractivity contribution >= 4 is 18.1 Å². The van der Waals surface area contributed by atoms with Gasteiger partial charge in [0.2, 0.25) is 5.60 Å². The van der Waals surface area contributed by atoms with Gasteiger partial charge in [-0.15, -0.1) is 0 Å². The fraction of sp³-hybridized carbons (Fsp3) is 0.273. The number of ether oxygens (including phenoxy) is 1. The van der Waals surface area contributed by atoms with Gasteiger partial charge in [0, 0.05) is 12.6 Å². The maximum absolute atomic E-state index is 13.6. The third-order valence-electron chi connectivity index (χ3n) is 2.83. The van der Waals surface area contributed by atoms with Crippen molar-refractivity contribution in [2.45, 2.75) is 12.5 Å². The first-order valence-corrected chi connectivity index (χ1v) is 4.71. The van der Waals surface area contributed by atoms with Gasteiger partial charge in [0.05, 0.1) is 5.69 Å². The summed E-state index contributed by atoms with van der Waals surface area (Å²) < 4.78 is 18.4. The van der Waals surface area contributed by atoms with Crippen LogP contribution in [-0.4, -0.2) is 19.4 Å². The molecular formula is C11H10FNO3. The summed E-state index contributed by atoms with van der Waals surface area (Å²) in [5.74, 6) is -0.966. The summed E-state index contributed by atoms with van der Waals surface area (Å²) in [5.41, 5.74) is -0.891. The summed E-state index contributed by atoms with van der Waals surface area (Å²) in [4.78, 5) is 23.5. The van der Waals surface area contributed by atoms with E-state index in [9.17, 15) is 14.0 Å². The summed E-state index contributed by atoms with van der Waals surface area (Å²) in [5, 5.41) is 0. The Morgan fingerprint density at radius 3 is 2.81 bits per heavy atom. The van der Waals surface area contributed by atoms with E-state index >= 15 is 0 Å². The van der Waals surface area contributed by atoms with Gasteiger partial charge >= 0.3 is 0 Å². The van der Waals surface area contributed by atoms with E-state index in [0.29, 0.717) is 5.56 Å². The standard InChI is InChI=1S/C11H10FNO3/c1-11(16-6-14)7-4-3-5-8(12)9(7)13(2)10(11)15/h3-6H,1-2H3/t11-/m0/s1. The third-order valence-corrected chi connectivity index (χ3v) is 2.83. The highest BCUT2D eigenvalue weighted by molar-refractivity contribution is 6.06. The van der Waals surface area contributed by atoms with E-state index in [1.54, 1.807) is 6.07 Å². The predicted octanol–water partition coefficient (Wildman–Crippen LogP) is 1.19. The molecule has 1 aromatic rings. The Bertz CT molecular complexity index is 474. The fourth-order valence-electron chi connectivity index (χ4n) is 1.99. The summed E-state index contributed by atoms with van der Waals surface area (Å²) in [6.07, 6.45) is 0. The molecule has 1 aliphatic rings. The maximum Gasteiger partial charge on any atom is 0.294 e. The number of para-hydroxylation sites is 1. The summed E-state index contributed by atoms with van der Waals surface area (Å²) in [6, 6.07) is 4.31. The topological polar surface area (TPSA) is 46.6 Å². The van der Waals surface area contributed by atoms with E-state index in [4.69, 9.17) is 4.74 Å². The maximum atomic E-state index is 13.6. The van der Waals surface area contributed by atoms with E-state index in [1.807, 2.05) is 0 Å². The molecule has 84 valence electrons. The summed E-state index contributed by atoms with van der Waals surface area (Å²) in [7, 11) is 1.45. The summed E-state index contributed by atoms with van der Waals surface area (Å²) in [6.45, 7) is 1.65. The number of hydrogen-bond acceptors (Lipinski definition) is 3. The quantitative estimate of drug-likeness (QED) is 0.707. The van der Waals surface area contributed by atoms with Gasteiger partial charge in [0.25, 0.3) is 12.4 Å². The van der Waals surface area contributed by atoms with Crippen molar-refractivity contribution in [1.82, 2.24) is 0 Å². The van der Waals surface area contributed by atoms with Crippen LogP contribution in [0, 0.1) is 5.82 Å². The van der Waals surface area contributed by atoms with Crippen LogP contribution in [-0.2, 0) is 19.9 Å². The molecule has 0 fully saturated rings. The average Bonchev–Trinajstić information content (AvgIpc) is 2.43. The van der Waals surface area contributed by atoms with Crippen LogP contribution in [0.25, 0.3) is 0 Å². The first-order chi connectivity index (χ1) is 7.52. The number of amides is 1. The lowest BCUT2D eigenvalue weighted by atomic mass is 9.97. The molecule has 0 bridgehead atoms. The highest BCUT2D eigenvalue weighted by Gasteiger charge is 2.49. The van der Waals surface area contributed by atoms with Crippen molar-refractivity contribution in [3.05, 3.63) is 29.6 Å². The molecule has 1 heterocycles. The van der Waals surface area contributed by atoms with Crippen molar-refractivity contribution < 1.29 is 18.7 Å². The van der Waals surface area contributed by atoms with Crippen LogP contribution in [0.5, 0.6) is 0 Å². The number of benzene rings is 1. The molecule has 0 radical (unpaired) electrons. The van der Waals surface area contributed by atoms with Crippen molar-refractivity contribution in [1.29, 1.82) is 0 Å². The predicted molar refractivity (Wildman–Crippen MR) is 54.3 cm³/mol. The van der Waals surface area contributed by atoms with Crippen molar-refractivity contribution in [2.24, 2.45) is 0 Å². The van der Waals surface area contributed by atoms with Gasteiger partial charge in [-0.1, -0.05) is 12.1 Å². The number of fused-ring (bicyclic) bond motifs is 1. The Morgan fingerprint density at radius 2 is 2.19 bits per heavy atom. The van der Waals surface area contributed by atoms with Crippen LogP contribution >= 0.6 is 0 Å². The van der Waals surface area contributed by atoms with Crippen LogP contribution in [0.4, 0.5) is 10.1 Å². The first-order valence-electron chi connectivity index (χ1n) is 4.71. The van der Waals surface area contributed by atoms with Crippen LogP contribution in [0.2, 0.25) is 0 Å². The second kappa shape index (κ2) is 3.30. The van der Waals surface area contributed by atoms with Gasteiger partial charge in [-0.25, -0.2) is 4.39 Å². The minimum atomic E-state index is -1.42. The normalized spacial score (nSPS) is 23.2. The van der Waals surface area contributed by atoms with Crippen molar-refractivity contribution in [3.63, 3.8) is 0 Å². The molecule has 0 N–H and O–H groups in total. The van der Waals surface area contributed by atoms with E-state index in [-0.39, 0.29) is 12.2 Å². The van der Waals surface area contributed by atoms with Gasteiger partial charge in [-0.05, 0) is 13.0 Å². The molecule has 1 atom stereocenters. The molecule has 5 heteroatoms. The molecule has 1 amide bonds. The molecule has 16 heavy (non-hydrogen) atoms. The molecule has 1 aliphatic heterocycles. The number of carbonyl (C=O) groups is 2. The third kappa shape index (κ3) is 1.14. The van der Waals surface area contributed by atoms with Gasteiger partial charge in [-0.3, -0.25) is 9.59 Å². The lowest BCUT2D eigenvalue weighted by Gasteiger charge is -2.20. The first kappa shape index (κ1) is 10.6. The Morgan fingerprint density at radius 1 is 1.50 bits per heavy atom. The van der Waals surface area contributed by atoms with E-state index in [2.05, 4.69) is 0 Å². The lowest BCUT2D eigenvalue weighted by molar-refractivity contribution is -0.154. The van der Waals surface area contributed by atoms with Gasteiger partial charge in [0.1, 0.15) is 5.82 Å². The molecule has 0 aliphatic carbocycles. The Balaban J connectivity index is 2.67. The monoisotopic (exact) mass is 223 g/mol. The van der Waals surface area contributed by atoms with E-state index in [0.717, 1.165) is 4.90 Å². The zero-order valence-corrected chi connectivity index (χ0v) is 8.86. The number of likely N-dealkylation sites (N-methyl/N-ethyl adjacent to an activating group) is 1. The summed E-state index contributed by atoms with van der Waals surface area (Å²) >= 11 is 0. The molecule has 0 saturated heterocycles. The zero-order chi connectivity index (χ0) is 11.9. The zero-order valence-electron chi connectivity index (χ0n) is 8.86. The minimum absolute atomic E-state index is 0.164. The second-order valence-electron chi connectivity index (χ2n) is 3.75. The Kier molecular flexibility index (Phi) is 2.18. The number of nitrogens with zero attached hydrogens (tertiary/aromatic N) is 1. The molecule has 2 rings (SSSR count). The largest absolute Gasteiger partial charge is 0.446 e. The van der Waals surface area contributed by atoms with Gasteiger partial charge in [-0.2, -0.15) is 0 Å². The molecule has 0 saturated carbocycles. The lowest BCUT2D eigenvalue weighted by Crippen LogP contribution is -2.38. The van der Waals surface area contributed by atoms with Crippen molar-refractivity contribution in [3.8, 4) is 0 Å². The molecule has 0 aromatic heterocycles. The van der Waals surface area contributed by atoms with Crippen LogP contribution in [0.1, 0.15) is 12.5 Å². The average molecular weight is 223 g/mol. The number of rotatable bonds is 2. The minimum Gasteiger partial charge on any atom is -0.446 e. The SMILES string of the molecule is CN1C(=O)[C@@](C)(OC=O)c2cccc(F)c21. The highest BCUT2D eigenvalue weighted by atomic mass is 19.1. The highest BCUT2D eigenvalue weighted by Crippen LogP contribution is 2.42. The molecule has 4 nitrogen and oxygen atoms in total. The molecular weight excluding hydrogens is 213 g/mol. The second-order valence-corrected chi connectivity index (χ2v) is 3.75.